The first kappa shape index (κ1) is 19.1. The van der Waals surface area contributed by atoms with Crippen molar-refractivity contribution < 1.29 is 27.1 Å². The normalized spacial score (nSPS) is 11.3. The zero-order chi connectivity index (χ0) is 20.5. The number of aromatic nitrogens is 3. The molecule has 0 aliphatic rings. The number of fused-ring (bicyclic) bond motifs is 1. The second-order valence-electron chi connectivity index (χ2n) is 5.52. The van der Waals surface area contributed by atoms with E-state index in [2.05, 4.69) is 27.3 Å². The first-order chi connectivity index (χ1) is 13.2. The number of methoxy groups -OCH3 is 1. The number of carbonyl (C=O) groups is 1. The van der Waals surface area contributed by atoms with Gasteiger partial charge in [0, 0.05) is 18.1 Å². The maximum atomic E-state index is 14.1. The lowest BCUT2D eigenvalue weighted by molar-refractivity contribution is -0.141. The third kappa shape index (κ3) is 3.72. The monoisotopic (exact) mass is 395 g/mol. The van der Waals surface area contributed by atoms with E-state index in [1.54, 1.807) is 0 Å². The van der Waals surface area contributed by atoms with E-state index in [-0.39, 0.29) is 28.2 Å². The van der Waals surface area contributed by atoms with Gasteiger partial charge in [0.05, 0.1) is 24.6 Å². The molecular formula is C17H13F4N5O2. The van der Waals surface area contributed by atoms with Gasteiger partial charge in [-0.05, 0) is 18.2 Å². The van der Waals surface area contributed by atoms with Crippen LogP contribution < -0.4 is 10.6 Å². The summed E-state index contributed by atoms with van der Waals surface area (Å²) in [6.45, 7) is 3.67. The minimum Gasteiger partial charge on any atom is -0.497 e. The van der Waals surface area contributed by atoms with Gasteiger partial charge in [0.1, 0.15) is 17.0 Å². The van der Waals surface area contributed by atoms with Crippen LogP contribution in [0.2, 0.25) is 0 Å². The fourth-order valence-corrected chi connectivity index (χ4v) is 2.47. The van der Waals surface area contributed by atoms with Gasteiger partial charge in [0.15, 0.2) is 5.82 Å². The van der Waals surface area contributed by atoms with Crippen molar-refractivity contribution in [3.05, 3.63) is 60.4 Å². The smallest absolute Gasteiger partial charge is 0.433 e. The molecule has 3 rings (SSSR count). The number of amides is 2. The second kappa shape index (κ2) is 7.18. The standard InChI is InChI=1S/C17H13F4N5O2/c1-9(28-2)14-12(8-23-26-6-4-11(18)15(14)26)25-16(27)24-10-3-5-22-13(7-10)17(19,20)21/h3-8H,1H2,2H3,(H2,22,24,25,27). The molecule has 3 aromatic rings. The largest absolute Gasteiger partial charge is 0.497 e. The van der Waals surface area contributed by atoms with Crippen molar-refractivity contribution in [2.24, 2.45) is 0 Å². The van der Waals surface area contributed by atoms with Gasteiger partial charge in [-0.2, -0.15) is 18.3 Å². The number of pyridine rings is 1. The molecule has 0 fully saturated rings. The third-order valence-electron chi connectivity index (χ3n) is 3.72. The van der Waals surface area contributed by atoms with Gasteiger partial charge in [-0.1, -0.05) is 6.58 Å². The van der Waals surface area contributed by atoms with Crippen LogP contribution in [0, 0.1) is 5.82 Å². The summed E-state index contributed by atoms with van der Waals surface area (Å²) in [4.78, 5) is 15.5. The zero-order valence-electron chi connectivity index (χ0n) is 14.3. The van der Waals surface area contributed by atoms with E-state index < -0.39 is 23.7 Å². The Morgan fingerprint density at radius 3 is 2.71 bits per heavy atom. The van der Waals surface area contributed by atoms with E-state index in [0.29, 0.717) is 6.07 Å². The van der Waals surface area contributed by atoms with Crippen molar-refractivity contribution in [2.75, 3.05) is 17.7 Å². The Morgan fingerprint density at radius 2 is 2.04 bits per heavy atom. The molecule has 0 saturated heterocycles. The highest BCUT2D eigenvalue weighted by Gasteiger charge is 2.32. The third-order valence-corrected chi connectivity index (χ3v) is 3.72. The van der Waals surface area contributed by atoms with Crippen molar-refractivity contribution >= 4 is 28.7 Å². The summed E-state index contributed by atoms with van der Waals surface area (Å²) < 4.78 is 58.6. The van der Waals surface area contributed by atoms with Gasteiger partial charge >= 0.3 is 12.2 Å². The topological polar surface area (TPSA) is 80.5 Å². The molecule has 0 bridgehead atoms. The van der Waals surface area contributed by atoms with Gasteiger partial charge < -0.3 is 15.4 Å². The van der Waals surface area contributed by atoms with Crippen molar-refractivity contribution in [1.82, 2.24) is 14.6 Å². The fraction of sp³-hybridized carbons (Fsp3) is 0.118. The number of halogens is 4. The molecule has 0 radical (unpaired) electrons. The average molecular weight is 395 g/mol. The molecule has 3 heterocycles. The number of ether oxygens (including phenoxy) is 1. The maximum Gasteiger partial charge on any atom is 0.433 e. The minimum atomic E-state index is -4.65. The molecule has 2 N–H and O–H groups in total. The molecule has 11 heteroatoms. The highest BCUT2D eigenvalue weighted by molar-refractivity contribution is 6.02. The maximum absolute atomic E-state index is 14.1. The average Bonchev–Trinajstić information content (AvgIpc) is 3.01. The Morgan fingerprint density at radius 1 is 1.29 bits per heavy atom. The van der Waals surface area contributed by atoms with Gasteiger partial charge in [-0.15, -0.1) is 0 Å². The van der Waals surface area contributed by atoms with Crippen LogP contribution in [0.1, 0.15) is 11.3 Å². The molecule has 146 valence electrons. The molecule has 0 spiro atoms. The lowest BCUT2D eigenvalue weighted by atomic mass is 10.1. The number of hydrogen-bond acceptors (Lipinski definition) is 4. The van der Waals surface area contributed by atoms with Crippen molar-refractivity contribution in [3.8, 4) is 0 Å². The van der Waals surface area contributed by atoms with E-state index in [1.807, 2.05) is 0 Å². The second-order valence-corrected chi connectivity index (χ2v) is 5.52. The number of anilines is 2. The number of alkyl halides is 3. The number of urea groups is 1. The number of carbonyl (C=O) groups excluding carboxylic acids is 1. The van der Waals surface area contributed by atoms with E-state index in [1.165, 1.54) is 36.2 Å². The highest BCUT2D eigenvalue weighted by atomic mass is 19.4. The molecule has 7 nitrogen and oxygen atoms in total. The molecule has 0 aromatic carbocycles. The predicted octanol–water partition coefficient (Wildman–Crippen LogP) is 4.15. The van der Waals surface area contributed by atoms with E-state index >= 15 is 0 Å². The summed E-state index contributed by atoms with van der Waals surface area (Å²) in [5.74, 6) is -0.558. The SMILES string of the molecule is C=C(OC)c1c(NC(=O)Nc2ccnc(C(F)(F)F)c2)cnn2ccc(F)c12. The summed E-state index contributed by atoms with van der Waals surface area (Å²) in [6, 6.07) is 2.18. The number of nitrogens with zero attached hydrogens (tertiary/aromatic N) is 3. The molecule has 0 saturated carbocycles. The lowest BCUT2D eigenvalue weighted by Gasteiger charge is -2.14. The summed E-state index contributed by atoms with van der Waals surface area (Å²) in [5, 5.41) is 8.63. The van der Waals surface area contributed by atoms with Crippen molar-refractivity contribution in [1.29, 1.82) is 0 Å². The Hall–Kier alpha value is -3.63. The first-order valence-corrected chi connectivity index (χ1v) is 7.71. The Balaban J connectivity index is 1.90. The molecule has 2 amide bonds. The molecule has 28 heavy (non-hydrogen) atoms. The molecule has 3 aromatic heterocycles. The Kier molecular flexibility index (Phi) is 4.91. The van der Waals surface area contributed by atoms with E-state index in [0.717, 1.165) is 6.20 Å². The molecule has 0 aliphatic heterocycles. The number of rotatable bonds is 4. The number of hydrogen-bond donors (Lipinski definition) is 2. The quantitative estimate of drug-likeness (QED) is 0.514. The van der Waals surface area contributed by atoms with Crippen LogP contribution in [0.15, 0.2) is 43.4 Å². The van der Waals surface area contributed by atoms with Crippen molar-refractivity contribution in [2.45, 2.75) is 6.18 Å². The van der Waals surface area contributed by atoms with Gasteiger partial charge in [-0.3, -0.25) is 4.98 Å². The van der Waals surface area contributed by atoms with Crippen LogP contribution in [0.4, 0.5) is 33.7 Å². The zero-order valence-corrected chi connectivity index (χ0v) is 14.3. The van der Waals surface area contributed by atoms with Gasteiger partial charge in [-0.25, -0.2) is 13.7 Å². The van der Waals surface area contributed by atoms with Crippen LogP contribution in [0.3, 0.4) is 0 Å². The lowest BCUT2D eigenvalue weighted by Crippen LogP contribution is -2.21. The summed E-state index contributed by atoms with van der Waals surface area (Å²) in [5.41, 5.74) is -1.07. The summed E-state index contributed by atoms with van der Waals surface area (Å²) in [7, 11) is 1.32. The first-order valence-electron chi connectivity index (χ1n) is 7.71. The Labute approximate surface area is 155 Å². The van der Waals surface area contributed by atoms with Crippen molar-refractivity contribution in [3.63, 3.8) is 0 Å². The minimum absolute atomic E-state index is 0.0212. The van der Waals surface area contributed by atoms with Gasteiger partial charge in [0.2, 0.25) is 0 Å². The molecule has 0 atom stereocenters. The molecule has 0 aliphatic carbocycles. The van der Waals surface area contributed by atoms with Gasteiger partial charge in [0.25, 0.3) is 0 Å². The summed E-state index contributed by atoms with van der Waals surface area (Å²) >= 11 is 0. The Bertz CT molecular complexity index is 1060. The highest BCUT2D eigenvalue weighted by Crippen LogP contribution is 2.30. The molecular weight excluding hydrogens is 382 g/mol. The van der Waals surface area contributed by atoms with Crippen LogP contribution in [-0.2, 0) is 10.9 Å². The van der Waals surface area contributed by atoms with E-state index in [4.69, 9.17) is 4.74 Å². The summed E-state index contributed by atoms with van der Waals surface area (Å²) in [6.07, 6.45) is -1.13. The van der Waals surface area contributed by atoms with Crippen LogP contribution >= 0.6 is 0 Å². The van der Waals surface area contributed by atoms with Crippen LogP contribution in [-0.4, -0.2) is 27.7 Å². The molecule has 0 unspecified atom stereocenters. The fourth-order valence-electron chi connectivity index (χ4n) is 2.47. The number of nitrogens with one attached hydrogen (secondary N) is 2. The predicted molar refractivity (Wildman–Crippen MR) is 93.1 cm³/mol. The van der Waals surface area contributed by atoms with E-state index in [9.17, 15) is 22.4 Å². The van der Waals surface area contributed by atoms with Crippen LogP contribution in [0.5, 0.6) is 0 Å². The van der Waals surface area contributed by atoms with Crippen LogP contribution in [0.25, 0.3) is 11.3 Å².